The molecule has 0 saturated carbocycles. The monoisotopic (exact) mass is 555 g/mol. The van der Waals surface area contributed by atoms with Gasteiger partial charge in [-0.15, -0.1) is 35.3 Å². The lowest BCUT2D eigenvalue weighted by atomic mass is 9.94. The van der Waals surface area contributed by atoms with Crippen LogP contribution in [0.1, 0.15) is 55.8 Å². The number of hydrogen-bond donors (Lipinski definition) is 2. The molecule has 2 atom stereocenters. The predicted octanol–water partition coefficient (Wildman–Crippen LogP) is 4.89. The third-order valence-corrected chi connectivity index (χ3v) is 7.26. The summed E-state index contributed by atoms with van der Waals surface area (Å²) in [6.07, 6.45) is 3.49. The highest BCUT2D eigenvalue weighted by molar-refractivity contribution is 14.0. The quantitative estimate of drug-likeness (QED) is 0.277. The van der Waals surface area contributed by atoms with Crippen LogP contribution in [0.5, 0.6) is 0 Å². The number of aromatic nitrogens is 1. The molecule has 1 aromatic carbocycles. The SMILES string of the molecule is CCc1nc(CN2CCC(CNC(=NC)NC(C)C(C)c3ccccc3)CC2)cs1.I. The van der Waals surface area contributed by atoms with Gasteiger partial charge in [-0.3, -0.25) is 9.89 Å². The van der Waals surface area contributed by atoms with Crippen LogP contribution in [-0.2, 0) is 13.0 Å². The molecule has 1 aromatic heterocycles. The molecule has 7 heteroatoms. The maximum absolute atomic E-state index is 4.72. The van der Waals surface area contributed by atoms with Gasteiger partial charge < -0.3 is 10.6 Å². The summed E-state index contributed by atoms with van der Waals surface area (Å²) in [7, 11) is 1.86. The van der Waals surface area contributed by atoms with Crippen molar-refractivity contribution >= 4 is 41.3 Å². The van der Waals surface area contributed by atoms with E-state index in [0.717, 1.165) is 38.6 Å². The van der Waals surface area contributed by atoms with Crippen molar-refractivity contribution in [2.45, 2.75) is 58.5 Å². The first-order valence-electron chi connectivity index (χ1n) is 11.3. The van der Waals surface area contributed by atoms with Crippen LogP contribution in [0.3, 0.4) is 0 Å². The fourth-order valence-electron chi connectivity index (χ4n) is 3.98. The summed E-state index contributed by atoms with van der Waals surface area (Å²) in [6, 6.07) is 11.0. The highest BCUT2D eigenvalue weighted by Gasteiger charge is 2.21. The highest BCUT2D eigenvalue weighted by Crippen LogP contribution is 2.20. The van der Waals surface area contributed by atoms with Crippen molar-refractivity contribution in [3.8, 4) is 0 Å². The zero-order valence-corrected chi connectivity index (χ0v) is 22.5. The number of aryl methyl sites for hydroxylation is 1. The molecular weight excluding hydrogens is 517 g/mol. The maximum atomic E-state index is 4.72. The zero-order valence-electron chi connectivity index (χ0n) is 19.3. The Labute approximate surface area is 209 Å². The average Bonchev–Trinajstić information content (AvgIpc) is 3.25. The second-order valence-corrected chi connectivity index (χ2v) is 9.33. The van der Waals surface area contributed by atoms with Gasteiger partial charge in [-0.25, -0.2) is 4.98 Å². The Morgan fingerprint density at radius 3 is 2.55 bits per heavy atom. The van der Waals surface area contributed by atoms with E-state index in [2.05, 4.69) is 77.0 Å². The number of nitrogens with one attached hydrogen (secondary N) is 2. The number of benzene rings is 1. The van der Waals surface area contributed by atoms with Gasteiger partial charge in [-0.05, 0) is 50.8 Å². The zero-order chi connectivity index (χ0) is 21.3. The number of hydrogen-bond acceptors (Lipinski definition) is 4. The molecule has 31 heavy (non-hydrogen) atoms. The molecule has 1 saturated heterocycles. The van der Waals surface area contributed by atoms with Crippen LogP contribution in [0.25, 0.3) is 0 Å². The second-order valence-electron chi connectivity index (χ2n) is 8.39. The fraction of sp³-hybridized carbons (Fsp3) is 0.583. The van der Waals surface area contributed by atoms with Crippen LogP contribution in [0.2, 0.25) is 0 Å². The molecule has 2 N–H and O–H groups in total. The van der Waals surface area contributed by atoms with E-state index >= 15 is 0 Å². The average molecular weight is 556 g/mol. The van der Waals surface area contributed by atoms with Crippen molar-refractivity contribution in [1.82, 2.24) is 20.5 Å². The van der Waals surface area contributed by atoms with E-state index in [1.807, 2.05) is 7.05 Å². The Morgan fingerprint density at radius 2 is 1.94 bits per heavy atom. The number of guanidine groups is 1. The number of aliphatic imine (C=N–C) groups is 1. The van der Waals surface area contributed by atoms with Crippen molar-refractivity contribution in [2.24, 2.45) is 10.9 Å². The Hall–Kier alpha value is -1.19. The first kappa shape index (κ1) is 26.1. The largest absolute Gasteiger partial charge is 0.356 e. The van der Waals surface area contributed by atoms with Gasteiger partial charge in [0.2, 0.25) is 0 Å². The summed E-state index contributed by atoms with van der Waals surface area (Å²) < 4.78 is 0. The molecule has 0 radical (unpaired) electrons. The van der Waals surface area contributed by atoms with Gasteiger partial charge in [0.1, 0.15) is 0 Å². The molecule has 1 aliphatic heterocycles. The number of thiazole rings is 1. The molecule has 2 aromatic rings. The second kappa shape index (κ2) is 13.4. The molecule has 5 nitrogen and oxygen atoms in total. The summed E-state index contributed by atoms with van der Waals surface area (Å²) in [5.41, 5.74) is 2.59. The smallest absolute Gasteiger partial charge is 0.191 e. The van der Waals surface area contributed by atoms with Crippen molar-refractivity contribution < 1.29 is 0 Å². The minimum Gasteiger partial charge on any atom is -0.356 e. The number of likely N-dealkylation sites (tertiary alicyclic amines) is 1. The first-order chi connectivity index (χ1) is 14.6. The lowest BCUT2D eigenvalue weighted by molar-refractivity contribution is 0.176. The van der Waals surface area contributed by atoms with Gasteiger partial charge in [0, 0.05) is 37.5 Å². The molecule has 0 amide bonds. The van der Waals surface area contributed by atoms with E-state index in [0.29, 0.717) is 17.9 Å². The lowest BCUT2D eigenvalue weighted by Crippen LogP contribution is -2.46. The van der Waals surface area contributed by atoms with Gasteiger partial charge >= 0.3 is 0 Å². The van der Waals surface area contributed by atoms with Crippen LogP contribution >= 0.6 is 35.3 Å². The molecule has 172 valence electrons. The Kier molecular flexibility index (Phi) is 11.2. The topological polar surface area (TPSA) is 52.6 Å². The van der Waals surface area contributed by atoms with E-state index < -0.39 is 0 Å². The van der Waals surface area contributed by atoms with Gasteiger partial charge in [0.25, 0.3) is 0 Å². The number of halogens is 1. The molecule has 2 unspecified atom stereocenters. The standard InChI is InChI=1S/C24H37N5S.HI/c1-5-23-28-22(17-30-23)16-29-13-11-20(12-14-29)15-26-24(25-4)27-19(3)18(2)21-9-7-6-8-10-21;/h6-10,17-20H,5,11-16H2,1-4H3,(H2,25,26,27);1H. The van der Waals surface area contributed by atoms with Crippen molar-refractivity contribution in [3.63, 3.8) is 0 Å². The normalized spacial score (nSPS) is 17.6. The minimum absolute atomic E-state index is 0. The third-order valence-electron chi connectivity index (χ3n) is 6.22. The molecule has 1 fully saturated rings. The van der Waals surface area contributed by atoms with Crippen LogP contribution in [0.4, 0.5) is 0 Å². The van der Waals surface area contributed by atoms with Crippen LogP contribution in [0.15, 0.2) is 40.7 Å². The maximum Gasteiger partial charge on any atom is 0.191 e. The first-order valence-corrected chi connectivity index (χ1v) is 12.1. The Balaban J connectivity index is 0.00000341. The lowest BCUT2D eigenvalue weighted by Gasteiger charge is -2.32. The molecule has 2 heterocycles. The molecule has 0 bridgehead atoms. The molecule has 0 aliphatic carbocycles. The van der Waals surface area contributed by atoms with Crippen molar-refractivity contribution in [1.29, 1.82) is 0 Å². The van der Waals surface area contributed by atoms with Crippen LogP contribution in [-0.4, -0.2) is 48.6 Å². The summed E-state index contributed by atoms with van der Waals surface area (Å²) >= 11 is 1.79. The van der Waals surface area contributed by atoms with Gasteiger partial charge in [-0.1, -0.05) is 44.2 Å². The van der Waals surface area contributed by atoms with E-state index in [1.165, 1.54) is 29.1 Å². The predicted molar refractivity (Wildman–Crippen MR) is 144 cm³/mol. The van der Waals surface area contributed by atoms with Crippen molar-refractivity contribution in [2.75, 3.05) is 26.7 Å². The van der Waals surface area contributed by atoms with Crippen LogP contribution in [0, 0.1) is 5.92 Å². The van der Waals surface area contributed by atoms with Gasteiger partial charge in [0.15, 0.2) is 5.96 Å². The molecule has 1 aliphatic rings. The molecular formula is C24H38IN5S. The van der Waals surface area contributed by atoms with E-state index in [9.17, 15) is 0 Å². The summed E-state index contributed by atoms with van der Waals surface area (Å²) in [4.78, 5) is 11.7. The molecule has 3 rings (SSSR count). The minimum atomic E-state index is 0. The summed E-state index contributed by atoms with van der Waals surface area (Å²) in [5.74, 6) is 2.03. The molecule has 0 spiro atoms. The Bertz CT molecular complexity index is 786. The Morgan fingerprint density at radius 1 is 1.23 bits per heavy atom. The van der Waals surface area contributed by atoms with E-state index in [1.54, 1.807) is 11.3 Å². The number of nitrogens with zero attached hydrogens (tertiary/aromatic N) is 3. The third kappa shape index (κ3) is 8.02. The fourth-order valence-corrected chi connectivity index (χ4v) is 4.72. The number of rotatable bonds is 8. The summed E-state index contributed by atoms with van der Waals surface area (Å²) in [5, 5.41) is 10.6. The van der Waals surface area contributed by atoms with E-state index in [4.69, 9.17) is 4.98 Å². The van der Waals surface area contributed by atoms with Gasteiger partial charge in [0.05, 0.1) is 10.7 Å². The number of piperidine rings is 1. The van der Waals surface area contributed by atoms with E-state index in [-0.39, 0.29) is 24.0 Å². The van der Waals surface area contributed by atoms with Crippen molar-refractivity contribution in [3.05, 3.63) is 52.0 Å². The summed E-state index contributed by atoms with van der Waals surface area (Å²) in [6.45, 7) is 10.9. The van der Waals surface area contributed by atoms with Gasteiger partial charge in [-0.2, -0.15) is 0 Å². The highest BCUT2D eigenvalue weighted by atomic mass is 127. The van der Waals surface area contributed by atoms with Crippen LogP contribution < -0.4 is 10.6 Å².